The van der Waals surface area contributed by atoms with E-state index in [4.69, 9.17) is 11.6 Å². The predicted molar refractivity (Wildman–Crippen MR) is 188 cm³/mol. The second-order valence-corrected chi connectivity index (χ2v) is 15.6. The van der Waals surface area contributed by atoms with E-state index in [-0.39, 0.29) is 29.5 Å². The van der Waals surface area contributed by atoms with Gasteiger partial charge >= 0.3 is 0 Å². The van der Waals surface area contributed by atoms with Gasteiger partial charge in [0.25, 0.3) is 10.0 Å². The summed E-state index contributed by atoms with van der Waals surface area (Å²) in [6, 6.07) is 27.4. The van der Waals surface area contributed by atoms with Gasteiger partial charge in [0.1, 0.15) is 12.6 Å². The van der Waals surface area contributed by atoms with Gasteiger partial charge in [-0.05, 0) is 87.7 Å². The number of amides is 2. The van der Waals surface area contributed by atoms with E-state index in [1.165, 1.54) is 17.0 Å². The number of carbonyl (C=O) groups excluding carboxylic acids is 2. The Hall–Kier alpha value is -3.66. The van der Waals surface area contributed by atoms with E-state index in [2.05, 4.69) is 21.2 Å². The van der Waals surface area contributed by atoms with Gasteiger partial charge in [0.2, 0.25) is 11.8 Å². The molecule has 0 aliphatic heterocycles. The number of anilines is 1. The summed E-state index contributed by atoms with van der Waals surface area (Å²) in [4.78, 5) is 30.2. The Bertz CT molecular complexity index is 1790. The van der Waals surface area contributed by atoms with Crippen LogP contribution < -0.4 is 9.62 Å². The lowest BCUT2D eigenvalue weighted by atomic mass is 10.0. The number of nitrogens with zero attached hydrogens (tertiary/aromatic N) is 2. The van der Waals surface area contributed by atoms with E-state index in [0.29, 0.717) is 10.6 Å². The molecule has 0 spiro atoms. The lowest BCUT2D eigenvalue weighted by Crippen LogP contribution is -2.56. The van der Waals surface area contributed by atoms with Gasteiger partial charge in [-0.1, -0.05) is 93.8 Å². The number of halogens is 2. The molecule has 0 aliphatic rings. The average molecular weight is 725 g/mol. The van der Waals surface area contributed by atoms with Crippen LogP contribution in [-0.2, 0) is 32.6 Å². The van der Waals surface area contributed by atoms with Gasteiger partial charge in [-0.3, -0.25) is 13.9 Å². The molecule has 7 nitrogen and oxygen atoms in total. The summed E-state index contributed by atoms with van der Waals surface area (Å²) in [6.45, 7) is 8.78. The van der Waals surface area contributed by atoms with Gasteiger partial charge in [0.15, 0.2) is 0 Å². The fraction of sp³-hybridized carbons (Fsp3) is 0.278. The van der Waals surface area contributed by atoms with Gasteiger partial charge < -0.3 is 10.2 Å². The Balaban J connectivity index is 1.85. The summed E-state index contributed by atoms with van der Waals surface area (Å²) >= 11 is 9.88. The SMILES string of the molecule is Cc1ccc(S(=O)(=O)N(CC(=O)N(Cc2cccc(Br)c2)[C@H](Cc2ccccc2)C(=O)NC(C)(C)C)c2cc(Cl)ccc2C)cc1. The molecule has 4 aromatic carbocycles. The van der Waals surface area contributed by atoms with Gasteiger partial charge in [0.05, 0.1) is 10.6 Å². The molecule has 46 heavy (non-hydrogen) atoms. The molecule has 10 heteroatoms. The first-order valence-corrected chi connectivity index (χ1v) is 17.5. The number of sulfonamides is 1. The zero-order valence-electron chi connectivity index (χ0n) is 26.6. The second-order valence-electron chi connectivity index (χ2n) is 12.4. The first kappa shape index (κ1) is 35.2. The number of carbonyl (C=O) groups is 2. The van der Waals surface area contributed by atoms with Crippen molar-refractivity contribution in [3.05, 3.63) is 129 Å². The van der Waals surface area contributed by atoms with Crippen molar-refractivity contribution in [3.63, 3.8) is 0 Å². The second kappa shape index (κ2) is 14.8. The van der Waals surface area contributed by atoms with Crippen molar-refractivity contribution in [1.82, 2.24) is 10.2 Å². The Morgan fingerprint density at radius 2 is 1.52 bits per heavy atom. The molecular formula is C36H39BrClN3O4S. The molecule has 4 rings (SSSR count). The Morgan fingerprint density at radius 3 is 2.15 bits per heavy atom. The number of nitrogens with one attached hydrogen (secondary N) is 1. The van der Waals surface area contributed by atoms with Crippen molar-refractivity contribution in [3.8, 4) is 0 Å². The molecule has 0 saturated carbocycles. The summed E-state index contributed by atoms with van der Waals surface area (Å²) in [5.41, 5.74) is 2.86. The number of rotatable bonds is 11. The van der Waals surface area contributed by atoms with Gasteiger partial charge in [-0.25, -0.2) is 8.42 Å². The Morgan fingerprint density at radius 1 is 0.870 bits per heavy atom. The maximum Gasteiger partial charge on any atom is 0.264 e. The first-order chi connectivity index (χ1) is 21.6. The monoisotopic (exact) mass is 723 g/mol. The fourth-order valence-corrected chi connectivity index (χ4v) is 7.12. The van der Waals surface area contributed by atoms with Crippen LogP contribution in [0, 0.1) is 13.8 Å². The van der Waals surface area contributed by atoms with Crippen LogP contribution in [0.4, 0.5) is 5.69 Å². The fourth-order valence-electron chi connectivity index (χ4n) is 5.04. The highest BCUT2D eigenvalue weighted by Crippen LogP contribution is 2.30. The summed E-state index contributed by atoms with van der Waals surface area (Å²) in [5, 5.41) is 3.37. The summed E-state index contributed by atoms with van der Waals surface area (Å²) in [7, 11) is -4.23. The average Bonchev–Trinajstić information content (AvgIpc) is 2.98. The molecule has 2 amide bonds. The standard InChI is InChI=1S/C36H39BrClN3O4S/c1-25-14-18-31(19-15-25)46(44,45)41(32-22-30(38)17-16-26(32)2)24-34(42)40(23-28-12-9-13-29(37)20-28)33(35(43)39-36(3,4)5)21-27-10-7-6-8-11-27/h6-20,22,33H,21,23-24H2,1-5H3,(H,39,43)/t33-/m1/s1. The molecule has 1 N–H and O–H groups in total. The van der Waals surface area contributed by atoms with Crippen molar-refractivity contribution >= 4 is 55.1 Å². The van der Waals surface area contributed by atoms with Crippen molar-refractivity contribution in [2.45, 2.75) is 64.1 Å². The number of aryl methyl sites for hydroxylation is 2. The third-order valence-electron chi connectivity index (χ3n) is 7.34. The van der Waals surface area contributed by atoms with E-state index in [1.807, 2.05) is 82.3 Å². The molecule has 0 radical (unpaired) electrons. The molecule has 242 valence electrons. The van der Waals surface area contributed by atoms with Crippen LogP contribution >= 0.6 is 27.5 Å². The van der Waals surface area contributed by atoms with Crippen molar-refractivity contribution in [1.29, 1.82) is 0 Å². The maximum absolute atomic E-state index is 14.6. The molecule has 0 aromatic heterocycles. The summed E-state index contributed by atoms with van der Waals surface area (Å²) < 4.78 is 30.5. The molecule has 0 unspecified atom stereocenters. The minimum atomic E-state index is -4.23. The smallest absolute Gasteiger partial charge is 0.264 e. The number of hydrogen-bond acceptors (Lipinski definition) is 4. The topological polar surface area (TPSA) is 86.8 Å². The zero-order valence-corrected chi connectivity index (χ0v) is 29.8. The lowest BCUT2D eigenvalue weighted by Gasteiger charge is -2.35. The number of hydrogen-bond donors (Lipinski definition) is 1. The molecule has 0 saturated heterocycles. The lowest BCUT2D eigenvalue weighted by molar-refractivity contribution is -0.140. The molecule has 4 aromatic rings. The molecule has 0 aliphatic carbocycles. The summed E-state index contributed by atoms with van der Waals surface area (Å²) in [5.74, 6) is -0.883. The highest BCUT2D eigenvalue weighted by atomic mass is 79.9. The minimum Gasteiger partial charge on any atom is -0.350 e. The van der Waals surface area contributed by atoms with Crippen LogP contribution in [-0.4, -0.2) is 43.3 Å². The highest BCUT2D eigenvalue weighted by Gasteiger charge is 2.36. The molecule has 1 atom stereocenters. The van der Waals surface area contributed by atoms with Crippen LogP contribution in [0.5, 0.6) is 0 Å². The first-order valence-electron chi connectivity index (χ1n) is 14.9. The minimum absolute atomic E-state index is 0.0372. The Labute approximate surface area is 285 Å². The van der Waals surface area contributed by atoms with Gasteiger partial charge in [-0.15, -0.1) is 0 Å². The third kappa shape index (κ3) is 9.21. The van der Waals surface area contributed by atoms with E-state index in [0.717, 1.165) is 25.5 Å². The molecule has 0 heterocycles. The van der Waals surface area contributed by atoms with Gasteiger partial charge in [0, 0.05) is 28.0 Å². The van der Waals surface area contributed by atoms with Crippen molar-refractivity contribution in [2.75, 3.05) is 10.8 Å². The van der Waals surface area contributed by atoms with Crippen LogP contribution in [0.3, 0.4) is 0 Å². The summed E-state index contributed by atoms with van der Waals surface area (Å²) in [6.07, 6.45) is 0.226. The van der Waals surface area contributed by atoms with Gasteiger partial charge in [-0.2, -0.15) is 0 Å². The molecule has 0 fully saturated rings. The molecular weight excluding hydrogens is 686 g/mol. The third-order valence-corrected chi connectivity index (χ3v) is 9.84. The van der Waals surface area contributed by atoms with Crippen LogP contribution in [0.1, 0.15) is 43.0 Å². The van der Waals surface area contributed by atoms with E-state index < -0.39 is 34.1 Å². The zero-order chi connectivity index (χ0) is 33.6. The highest BCUT2D eigenvalue weighted by molar-refractivity contribution is 9.10. The molecule has 0 bridgehead atoms. The maximum atomic E-state index is 14.6. The number of benzene rings is 4. The van der Waals surface area contributed by atoms with Crippen LogP contribution in [0.15, 0.2) is 106 Å². The van der Waals surface area contributed by atoms with Crippen molar-refractivity contribution in [2.24, 2.45) is 0 Å². The van der Waals surface area contributed by atoms with Crippen molar-refractivity contribution < 1.29 is 18.0 Å². The van der Waals surface area contributed by atoms with Crippen LogP contribution in [0.2, 0.25) is 5.02 Å². The quantitative estimate of drug-likeness (QED) is 0.174. The normalized spacial score (nSPS) is 12.3. The largest absolute Gasteiger partial charge is 0.350 e. The van der Waals surface area contributed by atoms with E-state index in [9.17, 15) is 18.0 Å². The van der Waals surface area contributed by atoms with E-state index >= 15 is 0 Å². The van der Waals surface area contributed by atoms with Crippen LogP contribution in [0.25, 0.3) is 0 Å². The predicted octanol–water partition coefficient (Wildman–Crippen LogP) is 7.47. The van der Waals surface area contributed by atoms with E-state index in [1.54, 1.807) is 37.3 Å². The Kier molecular flexibility index (Phi) is 11.4.